The molecule has 0 amide bonds. The minimum atomic E-state index is -1.01. The predicted molar refractivity (Wildman–Crippen MR) is 59.2 cm³/mol. The van der Waals surface area contributed by atoms with Gasteiger partial charge in [-0.1, -0.05) is 15.9 Å². The summed E-state index contributed by atoms with van der Waals surface area (Å²) in [6.45, 7) is 0. The van der Waals surface area contributed by atoms with Crippen molar-refractivity contribution in [1.82, 2.24) is 0 Å². The Morgan fingerprint density at radius 1 is 1.60 bits per heavy atom. The van der Waals surface area contributed by atoms with E-state index in [9.17, 15) is 14.9 Å². The molecule has 1 aromatic rings. The molecule has 0 saturated heterocycles. The lowest BCUT2D eigenvalue weighted by Crippen LogP contribution is -1.99. The zero-order valence-electron chi connectivity index (χ0n) is 7.34. The third-order valence-corrected chi connectivity index (χ3v) is 2.99. The molecular weight excluding hydrogens is 286 g/mol. The number of nitro groups is 1. The number of carbonyl (C=O) groups is 1. The highest BCUT2D eigenvalue weighted by Gasteiger charge is 2.15. The largest absolute Gasteiger partial charge is 0.481 e. The Labute approximate surface area is 97.8 Å². The highest BCUT2D eigenvalue weighted by atomic mass is 79.9. The van der Waals surface area contributed by atoms with E-state index in [4.69, 9.17) is 5.11 Å². The molecule has 0 atom stereocenters. The molecule has 0 spiro atoms. The highest BCUT2D eigenvalue weighted by Crippen LogP contribution is 2.31. The summed E-state index contributed by atoms with van der Waals surface area (Å²) < 4.78 is 0.681. The fourth-order valence-electron chi connectivity index (χ4n) is 0.894. The number of carboxylic acid groups (broad SMARTS) is 1. The second-order valence-electron chi connectivity index (χ2n) is 2.55. The van der Waals surface area contributed by atoms with Crippen LogP contribution in [0.2, 0.25) is 0 Å². The van der Waals surface area contributed by atoms with Crippen LogP contribution in [0.5, 0.6) is 0 Å². The van der Waals surface area contributed by atoms with Gasteiger partial charge in [0.1, 0.15) is 0 Å². The van der Waals surface area contributed by atoms with Gasteiger partial charge in [-0.25, -0.2) is 0 Å². The number of nitrogens with zero attached hydrogens (tertiary/aromatic N) is 1. The summed E-state index contributed by atoms with van der Waals surface area (Å²) in [7, 11) is 0. The van der Waals surface area contributed by atoms with Crippen LogP contribution < -0.4 is 0 Å². The number of thioether (sulfide) groups is 1. The molecular formula is C8H6BrNO4S. The number of hydrogen-bond acceptors (Lipinski definition) is 4. The number of benzene rings is 1. The van der Waals surface area contributed by atoms with Crippen LogP contribution in [-0.2, 0) is 4.79 Å². The van der Waals surface area contributed by atoms with Gasteiger partial charge in [0.2, 0.25) is 0 Å². The number of aliphatic carboxylic acids is 1. The molecule has 1 aromatic carbocycles. The number of nitro benzene ring substituents is 1. The maximum absolute atomic E-state index is 10.6. The molecule has 0 aliphatic heterocycles. The Balaban J connectivity index is 2.96. The van der Waals surface area contributed by atoms with Crippen LogP contribution in [0.25, 0.3) is 0 Å². The number of hydrogen-bond donors (Lipinski definition) is 1. The average Bonchev–Trinajstić information content (AvgIpc) is 2.14. The van der Waals surface area contributed by atoms with Crippen molar-refractivity contribution in [2.24, 2.45) is 0 Å². The molecule has 0 heterocycles. The zero-order valence-corrected chi connectivity index (χ0v) is 9.75. The van der Waals surface area contributed by atoms with E-state index in [-0.39, 0.29) is 11.4 Å². The van der Waals surface area contributed by atoms with Crippen molar-refractivity contribution in [3.8, 4) is 0 Å². The van der Waals surface area contributed by atoms with Crippen LogP contribution >= 0.6 is 27.7 Å². The van der Waals surface area contributed by atoms with Crippen molar-refractivity contribution in [2.75, 3.05) is 5.75 Å². The summed E-state index contributed by atoms with van der Waals surface area (Å²) in [5, 5.41) is 19.1. The number of carboxylic acids is 1. The lowest BCUT2D eigenvalue weighted by atomic mass is 10.3. The van der Waals surface area contributed by atoms with Gasteiger partial charge < -0.3 is 5.11 Å². The van der Waals surface area contributed by atoms with Gasteiger partial charge in [0.05, 0.1) is 15.6 Å². The standard InChI is InChI=1S/C8H6BrNO4S/c9-5-1-2-6(10(13)14)7(3-5)15-4-8(11)12/h1-3H,4H2,(H,11,12). The predicted octanol–water partition coefficient (Wildman–Crippen LogP) is 2.53. The molecule has 0 aromatic heterocycles. The lowest BCUT2D eigenvalue weighted by Gasteiger charge is -2.01. The zero-order chi connectivity index (χ0) is 11.4. The van der Waals surface area contributed by atoms with Crippen LogP contribution in [0, 0.1) is 10.1 Å². The Kier molecular flexibility index (Phi) is 4.10. The maximum atomic E-state index is 10.6. The van der Waals surface area contributed by atoms with E-state index < -0.39 is 10.9 Å². The van der Waals surface area contributed by atoms with Gasteiger partial charge in [-0.15, -0.1) is 11.8 Å². The Hall–Kier alpha value is -1.08. The van der Waals surface area contributed by atoms with Crippen molar-refractivity contribution in [3.63, 3.8) is 0 Å². The normalized spacial score (nSPS) is 9.93. The monoisotopic (exact) mass is 291 g/mol. The summed E-state index contributed by atoms with van der Waals surface area (Å²) in [5.74, 6) is -1.20. The highest BCUT2D eigenvalue weighted by molar-refractivity contribution is 9.10. The van der Waals surface area contributed by atoms with Gasteiger partial charge in [0, 0.05) is 10.5 Å². The molecule has 15 heavy (non-hydrogen) atoms. The first-order valence-corrected chi connectivity index (χ1v) is 5.57. The van der Waals surface area contributed by atoms with E-state index >= 15 is 0 Å². The van der Waals surface area contributed by atoms with Crippen LogP contribution in [0.1, 0.15) is 0 Å². The van der Waals surface area contributed by atoms with Crippen molar-refractivity contribution in [2.45, 2.75) is 4.90 Å². The molecule has 0 aliphatic rings. The molecule has 1 N–H and O–H groups in total. The summed E-state index contributed by atoms with van der Waals surface area (Å²) in [4.78, 5) is 20.8. The van der Waals surface area contributed by atoms with Gasteiger partial charge in [-0.3, -0.25) is 14.9 Å². The van der Waals surface area contributed by atoms with Gasteiger partial charge in [0.15, 0.2) is 0 Å². The second kappa shape index (κ2) is 5.13. The Morgan fingerprint density at radius 2 is 2.27 bits per heavy atom. The topological polar surface area (TPSA) is 80.4 Å². The molecule has 7 heteroatoms. The third kappa shape index (κ3) is 3.52. The molecule has 5 nitrogen and oxygen atoms in total. The maximum Gasteiger partial charge on any atom is 0.313 e. The molecule has 1 rings (SSSR count). The summed E-state index contributed by atoms with van der Waals surface area (Å²) in [6, 6.07) is 4.42. The van der Waals surface area contributed by atoms with E-state index in [1.54, 1.807) is 6.07 Å². The summed E-state index contributed by atoms with van der Waals surface area (Å²) >= 11 is 4.10. The van der Waals surface area contributed by atoms with Crippen molar-refractivity contribution >= 4 is 39.3 Å². The van der Waals surface area contributed by atoms with E-state index in [2.05, 4.69) is 15.9 Å². The Bertz CT molecular complexity index is 410. The van der Waals surface area contributed by atoms with Crippen molar-refractivity contribution in [3.05, 3.63) is 32.8 Å². The van der Waals surface area contributed by atoms with E-state index in [0.717, 1.165) is 11.8 Å². The molecule has 0 fully saturated rings. The van der Waals surface area contributed by atoms with Crippen LogP contribution in [0.4, 0.5) is 5.69 Å². The molecule has 0 unspecified atom stereocenters. The van der Waals surface area contributed by atoms with E-state index in [0.29, 0.717) is 9.37 Å². The van der Waals surface area contributed by atoms with Crippen LogP contribution in [0.15, 0.2) is 27.6 Å². The molecule has 0 aliphatic carbocycles. The fraction of sp³-hybridized carbons (Fsp3) is 0.125. The van der Waals surface area contributed by atoms with Crippen LogP contribution in [-0.4, -0.2) is 21.8 Å². The minimum Gasteiger partial charge on any atom is -0.481 e. The van der Waals surface area contributed by atoms with Crippen molar-refractivity contribution < 1.29 is 14.8 Å². The first-order valence-electron chi connectivity index (χ1n) is 3.79. The van der Waals surface area contributed by atoms with E-state index in [1.807, 2.05) is 0 Å². The molecule has 0 saturated carbocycles. The van der Waals surface area contributed by atoms with Gasteiger partial charge in [-0.2, -0.15) is 0 Å². The van der Waals surface area contributed by atoms with Crippen molar-refractivity contribution in [1.29, 1.82) is 0 Å². The summed E-state index contributed by atoms with van der Waals surface area (Å²) in [5.41, 5.74) is -0.0792. The minimum absolute atomic E-state index is 0.0792. The van der Waals surface area contributed by atoms with Crippen LogP contribution in [0.3, 0.4) is 0 Å². The smallest absolute Gasteiger partial charge is 0.313 e. The van der Waals surface area contributed by atoms with Gasteiger partial charge in [-0.05, 0) is 12.1 Å². The average molecular weight is 292 g/mol. The number of halogens is 1. The fourth-order valence-corrected chi connectivity index (χ4v) is 2.19. The second-order valence-corrected chi connectivity index (χ2v) is 4.48. The first kappa shape index (κ1) is 12.0. The van der Waals surface area contributed by atoms with E-state index in [1.165, 1.54) is 12.1 Å². The Morgan fingerprint density at radius 3 is 2.80 bits per heavy atom. The molecule has 80 valence electrons. The molecule has 0 radical (unpaired) electrons. The number of rotatable bonds is 4. The first-order chi connectivity index (χ1) is 7.00. The van der Waals surface area contributed by atoms with Gasteiger partial charge in [0.25, 0.3) is 5.69 Å². The SMILES string of the molecule is O=C(O)CSc1cc(Br)ccc1[N+](=O)[O-]. The van der Waals surface area contributed by atoms with Gasteiger partial charge >= 0.3 is 5.97 Å². The summed E-state index contributed by atoms with van der Waals surface area (Å²) in [6.07, 6.45) is 0. The third-order valence-electron chi connectivity index (χ3n) is 1.47. The molecule has 0 bridgehead atoms. The lowest BCUT2D eigenvalue weighted by molar-refractivity contribution is -0.387. The quantitative estimate of drug-likeness (QED) is 0.524.